The van der Waals surface area contributed by atoms with Gasteiger partial charge in [0.2, 0.25) is 0 Å². The Morgan fingerprint density at radius 1 is 0.950 bits per heavy atom. The van der Waals surface area contributed by atoms with Gasteiger partial charge >= 0.3 is 0 Å². The lowest BCUT2D eigenvalue weighted by Crippen LogP contribution is -2.24. The molecular weight excluding hydrogens is 246 g/mol. The lowest BCUT2D eigenvalue weighted by Gasteiger charge is -2.26. The fraction of sp³-hybridized carbons (Fsp3) is 0.333. The summed E-state index contributed by atoms with van der Waals surface area (Å²) in [6.07, 6.45) is 0. The van der Waals surface area contributed by atoms with Crippen LogP contribution >= 0.6 is 0 Å². The van der Waals surface area contributed by atoms with Crippen LogP contribution in [-0.4, -0.2) is 6.54 Å². The van der Waals surface area contributed by atoms with Crippen molar-refractivity contribution in [1.82, 2.24) is 0 Å². The van der Waals surface area contributed by atoms with Crippen molar-refractivity contribution in [1.29, 1.82) is 0 Å². The van der Waals surface area contributed by atoms with E-state index in [-0.39, 0.29) is 0 Å². The summed E-state index contributed by atoms with van der Waals surface area (Å²) >= 11 is 0. The molecule has 0 aliphatic heterocycles. The summed E-state index contributed by atoms with van der Waals surface area (Å²) in [6.45, 7) is 7.97. The van der Waals surface area contributed by atoms with E-state index >= 15 is 0 Å². The maximum absolute atomic E-state index is 5.99. The van der Waals surface area contributed by atoms with E-state index in [1.54, 1.807) is 0 Å². The molecule has 2 aromatic rings. The first-order chi connectivity index (χ1) is 9.72. The highest BCUT2D eigenvalue weighted by molar-refractivity contribution is 5.53. The number of anilines is 1. The molecule has 0 radical (unpaired) electrons. The second-order valence-electron chi connectivity index (χ2n) is 5.17. The van der Waals surface area contributed by atoms with Crippen LogP contribution in [0.15, 0.2) is 54.6 Å². The van der Waals surface area contributed by atoms with Crippen LogP contribution in [-0.2, 0) is 11.4 Å². The van der Waals surface area contributed by atoms with E-state index < -0.39 is 0 Å². The van der Waals surface area contributed by atoms with Crippen molar-refractivity contribution in [2.24, 2.45) is 0 Å². The van der Waals surface area contributed by atoms with Gasteiger partial charge in [-0.2, -0.15) is 0 Å². The highest BCUT2D eigenvalue weighted by atomic mass is 16.7. The Bertz CT molecular complexity index is 522. The van der Waals surface area contributed by atoms with Crippen molar-refractivity contribution in [3.05, 3.63) is 65.7 Å². The first-order valence-electron chi connectivity index (χ1n) is 7.25. The van der Waals surface area contributed by atoms with Crippen LogP contribution < -0.4 is 5.06 Å². The Morgan fingerprint density at radius 3 is 2.25 bits per heavy atom. The van der Waals surface area contributed by atoms with Crippen molar-refractivity contribution in [2.45, 2.75) is 33.3 Å². The third-order valence-electron chi connectivity index (χ3n) is 3.34. The zero-order valence-electron chi connectivity index (χ0n) is 12.5. The summed E-state index contributed by atoms with van der Waals surface area (Å²) in [4.78, 5) is 5.99. The molecule has 0 amide bonds. The summed E-state index contributed by atoms with van der Waals surface area (Å²) in [7, 11) is 0. The fourth-order valence-electron chi connectivity index (χ4n) is 2.26. The van der Waals surface area contributed by atoms with Crippen LogP contribution in [0.5, 0.6) is 0 Å². The third kappa shape index (κ3) is 3.61. The molecule has 0 heterocycles. The minimum absolute atomic E-state index is 0.487. The molecule has 0 fully saturated rings. The molecule has 0 bridgehead atoms. The van der Waals surface area contributed by atoms with Crippen LogP contribution in [0.25, 0.3) is 0 Å². The molecule has 0 N–H and O–H groups in total. The topological polar surface area (TPSA) is 12.5 Å². The minimum Gasteiger partial charge on any atom is -0.269 e. The van der Waals surface area contributed by atoms with Crippen LogP contribution in [0.3, 0.4) is 0 Å². The Labute approximate surface area is 122 Å². The Hall–Kier alpha value is -1.80. The highest BCUT2D eigenvalue weighted by Gasteiger charge is 2.12. The molecule has 0 aliphatic rings. The molecule has 0 aromatic heterocycles. The van der Waals surface area contributed by atoms with E-state index in [2.05, 4.69) is 57.2 Å². The van der Waals surface area contributed by atoms with Gasteiger partial charge in [0.25, 0.3) is 0 Å². The number of para-hydroxylation sites is 1. The molecular formula is C18H23NO. The summed E-state index contributed by atoms with van der Waals surface area (Å²) in [5, 5.41) is 1.99. The number of rotatable bonds is 6. The molecule has 2 heteroatoms. The van der Waals surface area contributed by atoms with Gasteiger partial charge in [-0.1, -0.05) is 62.4 Å². The Kier molecular flexibility index (Phi) is 5.19. The largest absolute Gasteiger partial charge is 0.269 e. The summed E-state index contributed by atoms with van der Waals surface area (Å²) in [5.41, 5.74) is 3.68. The number of hydrogen-bond donors (Lipinski definition) is 0. The van der Waals surface area contributed by atoms with Crippen molar-refractivity contribution in [3.63, 3.8) is 0 Å². The summed E-state index contributed by atoms with van der Waals surface area (Å²) < 4.78 is 0. The molecule has 2 nitrogen and oxygen atoms in total. The molecule has 2 rings (SSSR count). The van der Waals surface area contributed by atoms with Crippen LogP contribution in [0.2, 0.25) is 0 Å². The van der Waals surface area contributed by atoms with E-state index in [0.717, 1.165) is 6.54 Å². The average Bonchev–Trinajstić information content (AvgIpc) is 2.49. The summed E-state index contributed by atoms with van der Waals surface area (Å²) in [5.74, 6) is 0.487. The number of hydrogen-bond acceptors (Lipinski definition) is 2. The predicted molar refractivity (Wildman–Crippen MR) is 84.8 cm³/mol. The smallest absolute Gasteiger partial charge is 0.0999 e. The SMILES string of the molecule is CCN(OCc1ccccc1)c1ccccc1C(C)C. The number of benzene rings is 2. The Morgan fingerprint density at radius 2 is 1.60 bits per heavy atom. The van der Waals surface area contributed by atoms with Crippen molar-refractivity contribution >= 4 is 5.69 Å². The standard InChI is InChI=1S/C18H23NO/c1-4-19(20-14-16-10-6-5-7-11-16)18-13-9-8-12-17(18)15(2)3/h5-13,15H,4,14H2,1-3H3. The fourth-order valence-corrected chi connectivity index (χ4v) is 2.26. The van der Waals surface area contributed by atoms with Crippen LogP contribution in [0.1, 0.15) is 37.8 Å². The van der Waals surface area contributed by atoms with Gasteiger partial charge < -0.3 is 0 Å². The lowest BCUT2D eigenvalue weighted by molar-refractivity contribution is 0.0967. The van der Waals surface area contributed by atoms with E-state index in [4.69, 9.17) is 4.84 Å². The lowest BCUT2D eigenvalue weighted by atomic mass is 10.0. The Balaban J connectivity index is 2.12. The monoisotopic (exact) mass is 269 g/mol. The van der Waals surface area contributed by atoms with E-state index in [9.17, 15) is 0 Å². The number of nitrogens with zero attached hydrogens (tertiary/aromatic N) is 1. The van der Waals surface area contributed by atoms with Gasteiger partial charge in [-0.15, -0.1) is 0 Å². The normalized spacial score (nSPS) is 10.8. The molecule has 20 heavy (non-hydrogen) atoms. The van der Waals surface area contributed by atoms with Gasteiger partial charge in [-0.25, -0.2) is 0 Å². The van der Waals surface area contributed by atoms with Gasteiger partial charge in [-0.3, -0.25) is 9.90 Å². The quantitative estimate of drug-likeness (QED) is 0.700. The van der Waals surface area contributed by atoms with Crippen molar-refractivity contribution in [2.75, 3.05) is 11.6 Å². The molecule has 0 saturated heterocycles. The van der Waals surface area contributed by atoms with Crippen LogP contribution in [0, 0.1) is 0 Å². The third-order valence-corrected chi connectivity index (χ3v) is 3.34. The maximum atomic E-state index is 5.99. The highest BCUT2D eigenvalue weighted by Crippen LogP contribution is 2.27. The van der Waals surface area contributed by atoms with Crippen molar-refractivity contribution < 1.29 is 4.84 Å². The maximum Gasteiger partial charge on any atom is 0.0999 e. The number of hydroxylamine groups is 1. The van der Waals surface area contributed by atoms with E-state index in [0.29, 0.717) is 12.5 Å². The molecule has 106 valence electrons. The van der Waals surface area contributed by atoms with Gasteiger partial charge in [0.05, 0.1) is 12.3 Å². The zero-order valence-corrected chi connectivity index (χ0v) is 12.5. The first-order valence-corrected chi connectivity index (χ1v) is 7.25. The average molecular weight is 269 g/mol. The molecule has 0 unspecified atom stereocenters. The van der Waals surface area contributed by atoms with Gasteiger partial charge in [0.15, 0.2) is 0 Å². The summed E-state index contributed by atoms with van der Waals surface area (Å²) in [6, 6.07) is 18.7. The molecule has 0 atom stereocenters. The van der Waals surface area contributed by atoms with Gasteiger partial charge in [0.1, 0.15) is 0 Å². The molecule has 2 aromatic carbocycles. The van der Waals surface area contributed by atoms with Gasteiger partial charge in [-0.05, 0) is 30.0 Å². The second kappa shape index (κ2) is 7.11. The van der Waals surface area contributed by atoms with Crippen LogP contribution in [0.4, 0.5) is 5.69 Å². The molecule has 0 aliphatic carbocycles. The predicted octanol–water partition coefficient (Wildman–Crippen LogP) is 4.77. The van der Waals surface area contributed by atoms with E-state index in [1.807, 2.05) is 23.3 Å². The molecule has 0 saturated carbocycles. The van der Waals surface area contributed by atoms with E-state index in [1.165, 1.54) is 16.8 Å². The molecule has 0 spiro atoms. The van der Waals surface area contributed by atoms with Gasteiger partial charge in [0, 0.05) is 6.54 Å². The second-order valence-corrected chi connectivity index (χ2v) is 5.17. The first kappa shape index (κ1) is 14.6. The minimum atomic E-state index is 0.487. The zero-order chi connectivity index (χ0) is 14.4. The van der Waals surface area contributed by atoms with Crippen molar-refractivity contribution in [3.8, 4) is 0 Å².